The van der Waals surface area contributed by atoms with Gasteiger partial charge in [0.1, 0.15) is 0 Å². The van der Waals surface area contributed by atoms with E-state index in [9.17, 15) is 23.1 Å². The molecule has 0 saturated heterocycles. The molecular formula is C16H19F3N2O3. The second-order valence-electron chi connectivity index (χ2n) is 6.33. The Morgan fingerprint density at radius 2 is 2.08 bits per heavy atom. The van der Waals surface area contributed by atoms with Crippen LogP contribution in [0.3, 0.4) is 0 Å². The maximum Gasteiger partial charge on any atom is 0.387 e. The Labute approximate surface area is 137 Å². The van der Waals surface area contributed by atoms with Crippen molar-refractivity contribution in [1.29, 1.82) is 0 Å². The number of hydrogen-bond acceptors (Lipinski definition) is 3. The van der Waals surface area contributed by atoms with Gasteiger partial charge < -0.3 is 20.5 Å². The van der Waals surface area contributed by atoms with Gasteiger partial charge in [-0.15, -0.1) is 0 Å². The maximum atomic E-state index is 13.6. The Balaban J connectivity index is 1.60. The van der Waals surface area contributed by atoms with Gasteiger partial charge in [-0.1, -0.05) is 0 Å². The van der Waals surface area contributed by atoms with Crippen molar-refractivity contribution in [3.63, 3.8) is 0 Å². The molecule has 2 saturated carbocycles. The van der Waals surface area contributed by atoms with Crippen LogP contribution in [-0.4, -0.2) is 30.4 Å². The Morgan fingerprint density at radius 1 is 1.33 bits per heavy atom. The minimum atomic E-state index is -3.12. The van der Waals surface area contributed by atoms with Gasteiger partial charge in [-0.25, -0.2) is 9.18 Å². The van der Waals surface area contributed by atoms with Crippen molar-refractivity contribution in [3.05, 3.63) is 24.0 Å². The van der Waals surface area contributed by atoms with E-state index in [1.807, 2.05) is 0 Å². The van der Waals surface area contributed by atoms with Crippen molar-refractivity contribution >= 4 is 11.7 Å². The first kappa shape index (κ1) is 16.9. The fourth-order valence-electron chi connectivity index (χ4n) is 3.99. The number of fused-ring (bicyclic) bond motifs is 2. The highest BCUT2D eigenvalue weighted by molar-refractivity contribution is 5.89. The third kappa shape index (κ3) is 3.43. The van der Waals surface area contributed by atoms with Gasteiger partial charge in [-0.05, 0) is 43.2 Å². The van der Waals surface area contributed by atoms with Gasteiger partial charge >= 0.3 is 12.6 Å². The van der Waals surface area contributed by atoms with Gasteiger partial charge in [-0.3, -0.25) is 0 Å². The number of amides is 2. The molecule has 2 bridgehead atoms. The summed E-state index contributed by atoms with van der Waals surface area (Å²) in [6.07, 6.45) is 3.11. The van der Waals surface area contributed by atoms with Gasteiger partial charge in [0, 0.05) is 30.3 Å². The van der Waals surface area contributed by atoms with Crippen molar-refractivity contribution in [2.45, 2.75) is 31.9 Å². The molecule has 0 aromatic heterocycles. The van der Waals surface area contributed by atoms with Crippen molar-refractivity contribution in [2.75, 3.05) is 11.9 Å². The van der Waals surface area contributed by atoms with Crippen molar-refractivity contribution < 1.29 is 27.8 Å². The second kappa shape index (κ2) is 6.88. The number of halogens is 3. The summed E-state index contributed by atoms with van der Waals surface area (Å²) in [5.74, 6) is -0.719. The molecule has 3 rings (SSSR count). The monoisotopic (exact) mass is 344 g/mol. The highest BCUT2D eigenvalue weighted by Crippen LogP contribution is 2.48. The Kier molecular flexibility index (Phi) is 4.84. The summed E-state index contributed by atoms with van der Waals surface area (Å²) >= 11 is 0. The van der Waals surface area contributed by atoms with E-state index in [2.05, 4.69) is 15.4 Å². The number of alkyl halides is 2. The first-order valence-electron chi connectivity index (χ1n) is 7.90. The molecule has 0 heterocycles. The summed E-state index contributed by atoms with van der Waals surface area (Å²) in [6, 6.07) is 2.63. The molecule has 132 valence electrons. The molecule has 8 heteroatoms. The molecule has 5 nitrogen and oxygen atoms in total. The molecule has 2 fully saturated rings. The molecular weight excluding hydrogens is 325 g/mol. The molecule has 1 aromatic rings. The lowest BCUT2D eigenvalue weighted by Crippen LogP contribution is -2.46. The van der Waals surface area contributed by atoms with E-state index in [4.69, 9.17) is 0 Å². The summed E-state index contributed by atoms with van der Waals surface area (Å²) in [6.45, 7) is -3.09. The Bertz CT molecular complexity index is 614. The standard InChI is InChI=1S/C16H19F3N2O3/c17-12-6-10(3-4-13(12)24-15(18)19)20-16(23)21-14-9-2-1-8(5-9)11(14)7-22/h3-4,6,8-9,11,14-15,22H,1-2,5,7H2,(H2,20,21,23). The third-order valence-electron chi connectivity index (χ3n) is 5.00. The zero-order valence-electron chi connectivity index (χ0n) is 12.8. The van der Waals surface area contributed by atoms with Crippen molar-refractivity contribution in [2.24, 2.45) is 17.8 Å². The summed E-state index contributed by atoms with van der Waals surface area (Å²) in [5, 5.41) is 14.8. The lowest BCUT2D eigenvalue weighted by atomic mass is 9.85. The molecule has 0 spiro atoms. The van der Waals surface area contributed by atoms with Crippen LogP contribution in [0.4, 0.5) is 23.7 Å². The minimum Gasteiger partial charge on any atom is -0.432 e. The molecule has 3 N–H and O–H groups in total. The van der Waals surface area contributed by atoms with E-state index < -0.39 is 24.2 Å². The smallest absolute Gasteiger partial charge is 0.387 e. The number of anilines is 1. The summed E-state index contributed by atoms with van der Waals surface area (Å²) in [7, 11) is 0. The van der Waals surface area contributed by atoms with Crippen LogP contribution in [0.15, 0.2) is 18.2 Å². The van der Waals surface area contributed by atoms with Gasteiger partial charge in [0.25, 0.3) is 0 Å². The lowest BCUT2D eigenvalue weighted by molar-refractivity contribution is -0.0521. The highest BCUT2D eigenvalue weighted by atomic mass is 19.3. The number of benzene rings is 1. The van der Waals surface area contributed by atoms with Gasteiger partial charge in [0.05, 0.1) is 0 Å². The summed E-state index contributed by atoms with van der Waals surface area (Å²) in [5.41, 5.74) is 0.135. The number of carbonyl (C=O) groups is 1. The third-order valence-corrected chi connectivity index (χ3v) is 5.00. The van der Waals surface area contributed by atoms with Crippen LogP contribution in [0, 0.1) is 23.6 Å². The highest BCUT2D eigenvalue weighted by Gasteiger charge is 2.47. The van der Waals surface area contributed by atoms with Crippen LogP contribution in [0.1, 0.15) is 19.3 Å². The number of nitrogens with one attached hydrogen (secondary N) is 2. The number of carbonyl (C=O) groups excluding carboxylic acids is 1. The quantitative estimate of drug-likeness (QED) is 0.769. The van der Waals surface area contributed by atoms with E-state index >= 15 is 0 Å². The van der Waals surface area contributed by atoms with E-state index in [-0.39, 0.29) is 24.3 Å². The van der Waals surface area contributed by atoms with E-state index in [1.54, 1.807) is 0 Å². The SMILES string of the molecule is O=C(Nc1ccc(OC(F)F)c(F)c1)NC1C2CCC(C2)C1CO. The summed E-state index contributed by atoms with van der Waals surface area (Å²) in [4.78, 5) is 12.1. The normalized spacial score (nSPS) is 28.2. The topological polar surface area (TPSA) is 70.6 Å². The van der Waals surface area contributed by atoms with Crippen LogP contribution >= 0.6 is 0 Å². The van der Waals surface area contributed by atoms with E-state index in [1.165, 1.54) is 6.07 Å². The first-order valence-corrected chi connectivity index (χ1v) is 7.90. The number of rotatable bonds is 5. The second-order valence-corrected chi connectivity index (χ2v) is 6.33. The molecule has 2 aliphatic rings. The minimum absolute atomic E-state index is 0.0282. The van der Waals surface area contributed by atoms with Crippen LogP contribution in [0.2, 0.25) is 0 Å². The number of ether oxygens (including phenoxy) is 1. The van der Waals surface area contributed by atoms with E-state index in [0.29, 0.717) is 11.8 Å². The fraction of sp³-hybridized carbons (Fsp3) is 0.562. The van der Waals surface area contributed by atoms with Gasteiger partial charge in [0.2, 0.25) is 0 Å². The zero-order chi connectivity index (χ0) is 17.3. The molecule has 4 unspecified atom stereocenters. The first-order chi connectivity index (χ1) is 11.5. The van der Waals surface area contributed by atoms with Crippen LogP contribution < -0.4 is 15.4 Å². The molecule has 2 aliphatic carbocycles. The molecule has 1 aromatic carbocycles. The molecule has 4 atom stereocenters. The Hall–Kier alpha value is -1.96. The fourth-order valence-corrected chi connectivity index (χ4v) is 3.99. The average molecular weight is 344 g/mol. The predicted octanol–water partition coefficient (Wildman–Crippen LogP) is 2.96. The summed E-state index contributed by atoms with van der Waals surface area (Å²) < 4.78 is 41.8. The zero-order valence-corrected chi connectivity index (χ0v) is 12.8. The van der Waals surface area contributed by atoms with E-state index in [0.717, 1.165) is 31.4 Å². The average Bonchev–Trinajstić information content (AvgIpc) is 3.10. The lowest BCUT2D eigenvalue weighted by Gasteiger charge is -2.30. The molecule has 24 heavy (non-hydrogen) atoms. The number of hydrogen-bond donors (Lipinski definition) is 3. The number of urea groups is 1. The largest absolute Gasteiger partial charge is 0.432 e. The van der Waals surface area contributed by atoms with Crippen LogP contribution in [-0.2, 0) is 0 Å². The predicted molar refractivity (Wildman–Crippen MR) is 80.4 cm³/mol. The van der Waals surface area contributed by atoms with Gasteiger partial charge in [-0.2, -0.15) is 8.78 Å². The molecule has 2 amide bonds. The molecule has 0 radical (unpaired) electrons. The van der Waals surface area contributed by atoms with Crippen LogP contribution in [0.5, 0.6) is 5.75 Å². The number of aliphatic hydroxyl groups is 1. The van der Waals surface area contributed by atoms with Gasteiger partial charge in [0.15, 0.2) is 11.6 Å². The Morgan fingerprint density at radius 3 is 2.75 bits per heavy atom. The number of aliphatic hydroxyl groups excluding tert-OH is 1. The van der Waals surface area contributed by atoms with Crippen molar-refractivity contribution in [3.8, 4) is 5.75 Å². The maximum absolute atomic E-state index is 13.6. The molecule has 0 aliphatic heterocycles. The van der Waals surface area contributed by atoms with Crippen molar-refractivity contribution in [1.82, 2.24) is 5.32 Å². The van der Waals surface area contributed by atoms with Crippen LogP contribution in [0.25, 0.3) is 0 Å².